The van der Waals surface area contributed by atoms with Crippen molar-refractivity contribution in [3.63, 3.8) is 0 Å². The van der Waals surface area contributed by atoms with E-state index >= 15 is 0 Å². The highest BCUT2D eigenvalue weighted by Crippen LogP contribution is 2.29. The molecule has 1 aliphatic carbocycles. The second kappa shape index (κ2) is 15.9. The van der Waals surface area contributed by atoms with Crippen LogP contribution in [-0.2, 0) is 0 Å². The van der Waals surface area contributed by atoms with Gasteiger partial charge in [-0.05, 0) is 93.8 Å². The number of benzene rings is 2. The van der Waals surface area contributed by atoms with Gasteiger partial charge in [0.25, 0.3) is 0 Å². The number of nitrogens with two attached hydrogens (primary N) is 4. The van der Waals surface area contributed by atoms with E-state index in [1.54, 1.807) is 0 Å². The number of rotatable bonds is 10. The first-order valence-corrected chi connectivity index (χ1v) is 12.6. The molecule has 0 bridgehead atoms. The minimum atomic E-state index is -0.0453. The zero-order valence-corrected chi connectivity index (χ0v) is 22.2. The van der Waals surface area contributed by atoms with Crippen LogP contribution in [0.25, 0.3) is 0 Å². The van der Waals surface area contributed by atoms with Gasteiger partial charge in [-0.1, -0.05) is 24.3 Å². The van der Waals surface area contributed by atoms with Crippen molar-refractivity contribution in [3.8, 4) is 0 Å². The van der Waals surface area contributed by atoms with E-state index in [0.717, 1.165) is 47.0 Å². The van der Waals surface area contributed by atoms with Crippen LogP contribution in [0.5, 0.6) is 0 Å². The predicted molar refractivity (Wildman–Crippen MR) is 158 cm³/mol. The van der Waals surface area contributed by atoms with Crippen molar-refractivity contribution >= 4 is 35.1 Å². The molecule has 1 saturated carbocycles. The molecule has 10 N–H and O–H groups in total. The van der Waals surface area contributed by atoms with E-state index in [4.69, 9.17) is 17.2 Å². The van der Waals surface area contributed by atoms with Gasteiger partial charge in [0.2, 0.25) is 5.96 Å². The molecule has 2 aromatic rings. The van der Waals surface area contributed by atoms with Gasteiger partial charge in [0.15, 0.2) is 0 Å². The first kappa shape index (κ1) is 29.3. The molecule has 3 rings (SSSR count). The molecule has 0 spiro atoms. The number of guanidine groups is 1. The highest BCUT2D eigenvalue weighted by Gasteiger charge is 2.21. The molecule has 0 amide bonds. The van der Waals surface area contributed by atoms with Crippen LogP contribution in [-0.4, -0.2) is 43.9 Å². The molecule has 0 radical (unpaired) electrons. The van der Waals surface area contributed by atoms with Gasteiger partial charge in [-0.25, -0.2) is 0 Å². The molecule has 1 aliphatic rings. The van der Waals surface area contributed by atoms with E-state index in [0.29, 0.717) is 11.8 Å². The summed E-state index contributed by atoms with van der Waals surface area (Å²) in [6, 6.07) is 16.5. The molecule has 37 heavy (non-hydrogen) atoms. The van der Waals surface area contributed by atoms with Crippen LogP contribution < -0.4 is 33.6 Å². The Kier molecular flexibility index (Phi) is 12.6. The van der Waals surface area contributed by atoms with Crippen LogP contribution in [0.3, 0.4) is 0 Å². The molecular weight excluding hydrogens is 464 g/mol. The van der Waals surface area contributed by atoms with Crippen LogP contribution in [0.4, 0.5) is 11.4 Å². The highest BCUT2D eigenvalue weighted by molar-refractivity contribution is 6.00. The van der Waals surface area contributed by atoms with Crippen molar-refractivity contribution in [3.05, 3.63) is 59.7 Å². The minimum Gasteiger partial charge on any atom is -0.388 e. The van der Waals surface area contributed by atoms with Crippen LogP contribution in [0.15, 0.2) is 68.9 Å². The lowest BCUT2D eigenvalue weighted by molar-refractivity contribution is 0.293. The van der Waals surface area contributed by atoms with Gasteiger partial charge in [-0.3, -0.25) is 0 Å². The van der Waals surface area contributed by atoms with Gasteiger partial charge < -0.3 is 33.6 Å². The molecule has 0 heterocycles. The largest absolute Gasteiger partial charge is 0.388 e. The minimum absolute atomic E-state index is 0.0453. The molecule has 10 heteroatoms. The Balaban J connectivity index is 0.00000235. The van der Waals surface area contributed by atoms with E-state index in [1.807, 2.05) is 38.1 Å². The van der Waals surface area contributed by atoms with Gasteiger partial charge in [-0.15, -0.1) is 10.2 Å². The van der Waals surface area contributed by atoms with Crippen LogP contribution in [0, 0.1) is 11.8 Å². The molecule has 2 aromatic carbocycles. The number of hydrogen-bond acceptors (Lipinski definition) is 7. The summed E-state index contributed by atoms with van der Waals surface area (Å²) >= 11 is 0. The Morgan fingerprint density at radius 2 is 1.24 bits per heavy atom. The SMILES string of the molecule is C/C(=N\N=C(N)N)c1cccc(NCC2CCC(CNc3cccc(/C(C)=N/N=C\N)c3)CC2)c1.CN. The quantitative estimate of drug-likeness (QED) is 0.163. The third-order valence-electron chi connectivity index (χ3n) is 6.31. The monoisotopic (exact) mass is 506 g/mol. The summed E-state index contributed by atoms with van der Waals surface area (Å²) in [4.78, 5) is 0. The second-order valence-electron chi connectivity index (χ2n) is 8.97. The van der Waals surface area contributed by atoms with Crippen molar-refractivity contribution in [2.24, 2.45) is 55.2 Å². The van der Waals surface area contributed by atoms with Crippen LogP contribution in [0.2, 0.25) is 0 Å². The zero-order chi connectivity index (χ0) is 27.0. The first-order chi connectivity index (χ1) is 17.9. The summed E-state index contributed by atoms with van der Waals surface area (Å²) in [6.07, 6.45) is 6.12. The Morgan fingerprint density at radius 1 is 0.784 bits per heavy atom. The van der Waals surface area contributed by atoms with Crippen molar-refractivity contribution in [2.75, 3.05) is 30.8 Å². The molecule has 1 fully saturated rings. The van der Waals surface area contributed by atoms with E-state index in [1.165, 1.54) is 39.1 Å². The molecule has 10 nitrogen and oxygen atoms in total. The summed E-state index contributed by atoms with van der Waals surface area (Å²) in [6.45, 7) is 5.78. The van der Waals surface area contributed by atoms with Crippen molar-refractivity contribution in [2.45, 2.75) is 39.5 Å². The average Bonchev–Trinajstić information content (AvgIpc) is 2.94. The lowest BCUT2D eigenvalue weighted by atomic mass is 9.82. The molecule has 200 valence electrons. The van der Waals surface area contributed by atoms with E-state index in [-0.39, 0.29) is 5.96 Å². The van der Waals surface area contributed by atoms with Crippen LogP contribution in [0.1, 0.15) is 50.7 Å². The fourth-order valence-corrected chi connectivity index (χ4v) is 4.24. The number of nitrogens with one attached hydrogen (secondary N) is 2. The van der Waals surface area contributed by atoms with E-state index in [2.05, 4.69) is 61.0 Å². The van der Waals surface area contributed by atoms with Gasteiger partial charge in [0.1, 0.15) is 6.34 Å². The van der Waals surface area contributed by atoms with Crippen molar-refractivity contribution < 1.29 is 0 Å². The maximum Gasteiger partial charge on any atom is 0.211 e. The summed E-state index contributed by atoms with van der Waals surface area (Å²) in [7, 11) is 1.50. The molecule has 0 aromatic heterocycles. The molecule has 0 saturated heterocycles. The van der Waals surface area contributed by atoms with Crippen LogP contribution >= 0.6 is 0 Å². The molecule has 0 atom stereocenters. The summed E-state index contributed by atoms with van der Waals surface area (Å²) in [5.41, 5.74) is 26.3. The third-order valence-corrected chi connectivity index (χ3v) is 6.31. The van der Waals surface area contributed by atoms with Gasteiger partial charge in [0.05, 0.1) is 11.4 Å². The van der Waals surface area contributed by atoms with Gasteiger partial charge >= 0.3 is 0 Å². The second-order valence-corrected chi connectivity index (χ2v) is 8.97. The lowest BCUT2D eigenvalue weighted by Gasteiger charge is -2.29. The number of nitrogens with zero attached hydrogens (tertiary/aromatic N) is 4. The van der Waals surface area contributed by atoms with Gasteiger partial charge in [0, 0.05) is 24.5 Å². The fourth-order valence-electron chi connectivity index (χ4n) is 4.24. The maximum atomic E-state index is 5.36. The smallest absolute Gasteiger partial charge is 0.211 e. The summed E-state index contributed by atoms with van der Waals surface area (Å²) in [5.74, 6) is 1.32. The topological polar surface area (TPSA) is 178 Å². The Labute approximate surface area is 220 Å². The third kappa shape index (κ3) is 10.3. The Morgan fingerprint density at radius 3 is 1.68 bits per heavy atom. The summed E-state index contributed by atoms with van der Waals surface area (Å²) < 4.78 is 0. The Hall–Kier alpha value is -3.92. The average molecular weight is 507 g/mol. The van der Waals surface area contributed by atoms with E-state index in [9.17, 15) is 0 Å². The summed E-state index contributed by atoms with van der Waals surface area (Å²) in [5, 5.41) is 22.8. The highest BCUT2D eigenvalue weighted by atomic mass is 15.3. The number of anilines is 2. The fraction of sp³-hybridized carbons (Fsp3) is 0.407. The van der Waals surface area contributed by atoms with Gasteiger partial charge in [-0.2, -0.15) is 10.2 Å². The molecular formula is C27H42N10. The molecule has 0 unspecified atom stereocenters. The van der Waals surface area contributed by atoms with E-state index < -0.39 is 0 Å². The van der Waals surface area contributed by atoms with Crippen molar-refractivity contribution in [1.29, 1.82) is 0 Å². The normalized spacial score (nSPS) is 18.1. The number of hydrogen-bond donors (Lipinski definition) is 6. The predicted octanol–water partition coefficient (Wildman–Crippen LogP) is 3.30. The van der Waals surface area contributed by atoms with Crippen molar-refractivity contribution in [1.82, 2.24) is 0 Å². The maximum absolute atomic E-state index is 5.36. The Bertz CT molecular complexity index is 1080. The molecule has 0 aliphatic heterocycles. The lowest BCUT2D eigenvalue weighted by Crippen LogP contribution is -2.25. The first-order valence-electron chi connectivity index (χ1n) is 12.6. The standard InChI is InChI=1S/C26H37N9.CH5N/c1-18(33-32-17-27)22-5-3-7-24(13-22)30-15-20-9-11-21(12-10-20)16-31-25-8-4-6-23(14-25)19(2)34-35-26(28)29;1-2/h3-8,13-14,17,20-21,30-31H,9-12,15-16H2,1-2H3,(H2,27,32)(H4,28,29,35);2H2,1H3/b33-18+,34-19+;. The zero-order valence-electron chi connectivity index (χ0n) is 22.2.